The number of phenols is 1. The number of aliphatic carboxylic acids is 1. The van der Waals surface area contributed by atoms with Gasteiger partial charge in [-0.15, -0.1) is 0 Å². The highest BCUT2D eigenvalue weighted by Gasteiger charge is 2.31. The molecular weight excluding hydrogens is 480 g/mol. The predicted octanol–water partition coefficient (Wildman–Crippen LogP) is -4.07. The first-order chi connectivity index (χ1) is 16.8. The highest BCUT2D eigenvalue weighted by Crippen LogP contribution is 2.12. The quantitative estimate of drug-likeness (QED) is 0.110. The van der Waals surface area contributed by atoms with Gasteiger partial charge in [0.15, 0.2) is 0 Å². The smallest absolute Gasteiger partial charge is 0.326 e. The van der Waals surface area contributed by atoms with E-state index in [9.17, 15) is 39.0 Å². The van der Waals surface area contributed by atoms with Gasteiger partial charge in [-0.2, -0.15) is 0 Å². The Hall–Kier alpha value is -4.24. The molecule has 0 saturated heterocycles. The van der Waals surface area contributed by atoms with Gasteiger partial charge in [-0.25, -0.2) is 4.79 Å². The Kier molecular flexibility index (Phi) is 11.8. The van der Waals surface area contributed by atoms with Crippen molar-refractivity contribution in [1.82, 2.24) is 16.0 Å². The van der Waals surface area contributed by atoms with Crippen LogP contribution >= 0.6 is 0 Å². The Balaban J connectivity index is 3.03. The Morgan fingerprint density at radius 1 is 0.806 bits per heavy atom. The van der Waals surface area contributed by atoms with Gasteiger partial charge in [0.1, 0.15) is 29.9 Å². The molecule has 1 aromatic carbocycles. The fraction of sp³-hybridized carbons (Fsp3) is 0.429. The molecule has 5 amide bonds. The molecule has 12 N–H and O–H groups in total. The number of amides is 5. The second-order valence-electron chi connectivity index (χ2n) is 7.86. The van der Waals surface area contributed by atoms with E-state index >= 15 is 0 Å². The van der Waals surface area contributed by atoms with Crippen molar-refractivity contribution in [2.75, 3.05) is 6.61 Å². The Morgan fingerprint density at radius 3 is 1.83 bits per heavy atom. The summed E-state index contributed by atoms with van der Waals surface area (Å²) in [5, 5.41) is 34.5. The summed E-state index contributed by atoms with van der Waals surface area (Å²) in [4.78, 5) is 71.9. The minimum Gasteiger partial charge on any atom is -0.508 e. The number of primary amides is 2. The number of carbonyl (C=O) groups is 6. The number of aliphatic hydroxyl groups excluding tert-OH is 1. The van der Waals surface area contributed by atoms with Crippen LogP contribution in [0.2, 0.25) is 0 Å². The van der Waals surface area contributed by atoms with Crippen LogP contribution in [0.25, 0.3) is 0 Å². The summed E-state index contributed by atoms with van der Waals surface area (Å²) in [5.74, 6) is -6.25. The van der Waals surface area contributed by atoms with E-state index in [1.165, 1.54) is 24.3 Å². The van der Waals surface area contributed by atoms with Crippen LogP contribution in [-0.4, -0.2) is 81.6 Å². The molecule has 0 aliphatic heterocycles. The summed E-state index contributed by atoms with van der Waals surface area (Å²) in [6, 6.07) is -0.358. The second kappa shape index (κ2) is 14.2. The summed E-state index contributed by atoms with van der Waals surface area (Å²) in [6.45, 7) is -0.736. The predicted molar refractivity (Wildman–Crippen MR) is 123 cm³/mol. The van der Waals surface area contributed by atoms with E-state index in [0.29, 0.717) is 5.56 Å². The lowest BCUT2D eigenvalue weighted by Gasteiger charge is -2.24. The molecule has 0 spiro atoms. The van der Waals surface area contributed by atoms with E-state index in [4.69, 9.17) is 22.3 Å². The first kappa shape index (κ1) is 29.8. The van der Waals surface area contributed by atoms with Crippen LogP contribution in [0, 0.1) is 0 Å². The number of nitrogens with one attached hydrogen (secondary N) is 3. The van der Waals surface area contributed by atoms with Crippen LogP contribution in [0.4, 0.5) is 0 Å². The molecular formula is C21H30N6O9. The first-order valence-electron chi connectivity index (χ1n) is 10.7. The van der Waals surface area contributed by atoms with Gasteiger partial charge >= 0.3 is 5.97 Å². The molecule has 0 aromatic heterocycles. The van der Waals surface area contributed by atoms with Crippen molar-refractivity contribution in [1.29, 1.82) is 0 Å². The molecule has 15 heteroatoms. The minimum absolute atomic E-state index is 0.0446. The maximum absolute atomic E-state index is 12.8. The highest BCUT2D eigenvalue weighted by molar-refractivity contribution is 5.96. The molecule has 1 rings (SSSR count). The van der Waals surface area contributed by atoms with E-state index in [1.54, 1.807) is 0 Å². The van der Waals surface area contributed by atoms with E-state index in [1.807, 2.05) is 0 Å². The normalized spacial score (nSPS) is 13.9. The van der Waals surface area contributed by atoms with Gasteiger partial charge in [0.2, 0.25) is 29.5 Å². The van der Waals surface area contributed by atoms with E-state index in [-0.39, 0.29) is 25.0 Å². The number of rotatable bonds is 15. The standard InChI is InChI=1S/C21H30N6O9/c22-12(9-28)18(32)25-13(5-6-16(23)30)19(33)26-14(8-17(24)31)20(34)27-15(21(35)36)7-10-1-3-11(29)4-2-10/h1-4,12-15,28-29H,5-9,22H2,(H2,23,30)(H2,24,31)(H,25,32)(H,26,33)(H,27,34)(H,35,36). The summed E-state index contributed by atoms with van der Waals surface area (Å²) in [7, 11) is 0. The Labute approximate surface area is 205 Å². The van der Waals surface area contributed by atoms with Crippen LogP contribution in [0.3, 0.4) is 0 Å². The van der Waals surface area contributed by atoms with Gasteiger partial charge in [0.05, 0.1) is 13.0 Å². The number of carbonyl (C=O) groups excluding carboxylic acids is 5. The second-order valence-corrected chi connectivity index (χ2v) is 7.86. The largest absolute Gasteiger partial charge is 0.508 e. The van der Waals surface area contributed by atoms with Crippen molar-refractivity contribution >= 4 is 35.5 Å². The van der Waals surface area contributed by atoms with Crippen LogP contribution in [0.15, 0.2) is 24.3 Å². The average Bonchev–Trinajstić information content (AvgIpc) is 2.80. The number of benzene rings is 1. The minimum atomic E-state index is -1.63. The lowest BCUT2D eigenvalue weighted by Crippen LogP contribution is -2.58. The zero-order valence-corrected chi connectivity index (χ0v) is 19.2. The van der Waals surface area contributed by atoms with Crippen molar-refractivity contribution < 1.29 is 44.1 Å². The van der Waals surface area contributed by atoms with Gasteiger partial charge in [-0.3, -0.25) is 24.0 Å². The SMILES string of the molecule is NC(=O)CCC(NC(=O)C(N)CO)C(=O)NC(CC(N)=O)C(=O)NC(Cc1ccc(O)cc1)C(=O)O. The Bertz CT molecular complexity index is 969. The molecule has 0 heterocycles. The third-order valence-electron chi connectivity index (χ3n) is 4.87. The molecule has 0 saturated carbocycles. The van der Waals surface area contributed by atoms with Crippen molar-refractivity contribution in [2.24, 2.45) is 17.2 Å². The van der Waals surface area contributed by atoms with Crippen LogP contribution in [-0.2, 0) is 35.2 Å². The lowest BCUT2D eigenvalue weighted by atomic mass is 10.0. The van der Waals surface area contributed by atoms with Crippen molar-refractivity contribution in [3.05, 3.63) is 29.8 Å². The molecule has 0 radical (unpaired) electrons. The zero-order valence-electron chi connectivity index (χ0n) is 19.2. The highest BCUT2D eigenvalue weighted by atomic mass is 16.4. The van der Waals surface area contributed by atoms with Crippen LogP contribution in [0.5, 0.6) is 5.75 Å². The number of aliphatic hydroxyl groups is 1. The molecule has 0 aliphatic carbocycles. The Morgan fingerprint density at radius 2 is 1.33 bits per heavy atom. The fourth-order valence-corrected chi connectivity index (χ4v) is 2.94. The molecule has 0 bridgehead atoms. The van der Waals surface area contributed by atoms with E-state index in [0.717, 1.165) is 0 Å². The van der Waals surface area contributed by atoms with Crippen molar-refractivity contribution in [3.63, 3.8) is 0 Å². The van der Waals surface area contributed by atoms with E-state index < -0.39 is 72.7 Å². The molecule has 4 unspecified atom stereocenters. The third kappa shape index (κ3) is 10.4. The number of nitrogens with two attached hydrogens (primary N) is 3. The summed E-state index contributed by atoms with van der Waals surface area (Å²) < 4.78 is 0. The molecule has 0 aliphatic rings. The zero-order chi connectivity index (χ0) is 27.4. The van der Waals surface area contributed by atoms with Gasteiger partial charge < -0.3 is 48.5 Å². The molecule has 15 nitrogen and oxygen atoms in total. The van der Waals surface area contributed by atoms with Gasteiger partial charge in [0.25, 0.3) is 0 Å². The van der Waals surface area contributed by atoms with Crippen molar-refractivity contribution in [2.45, 2.75) is 49.9 Å². The molecule has 4 atom stereocenters. The van der Waals surface area contributed by atoms with E-state index in [2.05, 4.69) is 16.0 Å². The summed E-state index contributed by atoms with van der Waals surface area (Å²) >= 11 is 0. The molecule has 36 heavy (non-hydrogen) atoms. The summed E-state index contributed by atoms with van der Waals surface area (Å²) in [5.41, 5.74) is 16.1. The molecule has 0 fully saturated rings. The van der Waals surface area contributed by atoms with Gasteiger partial charge in [-0.1, -0.05) is 12.1 Å². The number of hydrogen-bond acceptors (Lipinski definition) is 9. The van der Waals surface area contributed by atoms with Crippen molar-refractivity contribution in [3.8, 4) is 5.75 Å². The number of carboxylic acids is 1. The average molecular weight is 511 g/mol. The molecule has 198 valence electrons. The number of carboxylic acid groups (broad SMARTS) is 1. The fourth-order valence-electron chi connectivity index (χ4n) is 2.94. The maximum Gasteiger partial charge on any atom is 0.326 e. The number of aromatic hydroxyl groups is 1. The summed E-state index contributed by atoms with van der Waals surface area (Å²) in [6.07, 6.45) is -1.54. The maximum atomic E-state index is 12.8. The first-order valence-corrected chi connectivity index (χ1v) is 10.7. The van der Waals surface area contributed by atoms with Gasteiger partial charge in [0, 0.05) is 12.8 Å². The number of hydrogen-bond donors (Lipinski definition) is 9. The molecule has 1 aromatic rings. The van der Waals surface area contributed by atoms with Crippen LogP contribution < -0.4 is 33.2 Å². The number of phenolic OH excluding ortho intramolecular Hbond substituents is 1. The van der Waals surface area contributed by atoms with Crippen LogP contribution in [0.1, 0.15) is 24.8 Å². The van der Waals surface area contributed by atoms with Gasteiger partial charge in [-0.05, 0) is 24.1 Å². The topological polar surface area (TPSA) is 277 Å². The lowest BCUT2D eigenvalue weighted by molar-refractivity contribution is -0.142. The monoisotopic (exact) mass is 510 g/mol. The third-order valence-corrected chi connectivity index (χ3v) is 4.87.